The summed E-state index contributed by atoms with van der Waals surface area (Å²) in [7, 11) is 3.15. The number of fused-ring (bicyclic) bond motifs is 1. The fraction of sp³-hybridized carbons (Fsp3) is 0.273. The van der Waals surface area contributed by atoms with Crippen LogP contribution in [0.25, 0.3) is 11.0 Å². The van der Waals surface area contributed by atoms with Crippen LogP contribution >= 0.6 is 0 Å². The molecule has 0 bridgehead atoms. The highest BCUT2D eigenvalue weighted by atomic mass is 16.5. The van der Waals surface area contributed by atoms with E-state index in [1.54, 1.807) is 27.2 Å². The van der Waals surface area contributed by atoms with Crippen LogP contribution in [-0.4, -0.2) is 39.2 Å². The molecule has 0 unspecified atom stereocenters. The highest BCUT2D eigenvalue weighted by molar-refractivity contribution is 5.96. The van der Waals surface area contributed by atoms with Gasteiger partial charge in [-0.2, -0.15) is 0 Å². The van der Waals surface area contributed by atoms with Gasteiger partial charge in [-0.3, -0.25) is 4.79 Å². The Hall–Kier alpha value is -3.48. The number of methoxy groups -OCH3 is 2. The summed E-state index contributed by atoms with van der Waals surface area (Å²) in [5.41, 5.74) is 2.29. The predicted molar refractivity (Wildman–Crippen MR) is 107 cm³/mol. The Labute approximate surface area is 168 Å². The molecule has 7 nitrogen and oxygen atoms in total. The summed E-state index contributed by atoms with van der Waals surface area (Å²) in [6.45, 7) is 1.81. The number of carbonyl (C=O) groups is 2. The number of para-hydroxylation sites is 1. The lowest BCUT2D eigenvalue weighted by Gasteiger charge is -2.10. The minimum absolute atomic E-state index is 0.115. The molecule has 1 N–H and O–H groups in total. The Bertz CT molecular complexity index is 1020. The van der Waals surface area contributed by atoms with Crippen molar-refractivity contribution in [3.05, 3.63) is 59.4 Å². The molecular weight excluding hydrogens is 374 g/mol. The highest BCUT2D eigenvalue weighted by Gasteiger charge is 2.19. The molecular formula is C22H23NO6. The third kappa shape index (κ3) is 4.68. The third-order valence-electron chi connectivity index (χ3n) is 4.55. The van der Waals surface area contributed by atoms with Crippen molar-refractivity contribution in [1.82, 2.24) is 5.32 Å². The van der Waals surface area contributed by atoms with Gasteiger partial charge in [-0.05, 0) is 37.1 Å². The first-order chi connectivity index (χ1) is 14.0. The van der Waals surface area contributed by atoms with Gasteiger partial charge >= 0.3 is 5.97 Å². The van der Waals surface area contributed by atoms with Gasteiger partial charge in [0.05, 0.1) is 14.2 Å². The van der Waals surface area contributed by atoms with Crippen molar-refractivity contribution in [3.63, 3.8) is 0 Å². The van der Waals surface area contributed by atoms with E-state index < -0.39 is 5.97 Å². The molecule has 0 aliphatic rings. The lowest BCUT2D eigenvalue weighted by atomic mass is 10.1. The Morgan fingerprint density at radius 3 is 2.52 bits per heavy atom. The molecule has 3 aromatic rings. The van der Waals surface area contributed by atoms with Gasteiger partial charge in [0.15, 0.2) is 18.1 Å². The van der Waals surface area contributed by atoms with Crippen LogP contribution in [0, 0.1) is 6.92 Å². The number of furan rings is 1. The summed E-state index contributed by atoms with van der Waals surface area (Å²) in [5, 5.41) is 3.57. The van der Waals surface area contributed by atoms with E-state index >= 15 is 0 Å². The number of aryl methyl sites for hydroxylation is 1. The molecule has 2 aromatic carbocycles. The van der Waals surface area contributed by atoms with Crippen LogP contribution in [0.3, 0.4) is 0 Å². The standard InChI is InChI=1S/C22H23NO6/c1-14-16-6-4-5-7-17(16)29-21(14)22(25)28-13-20(24)23-11-10-15-8-9-18(26-2)19(12-15)27-3/h4-9,12H,10-11,13H2,1-3H3,(H,23,24). The van der Waals surface area contributed by atoms with Crippen LogP contribution < -0.4 is 14.8 Å². The van der Waals surface area contributed by atoms with Crippen molar-refractivity contribution in [2.45, 2.75) is 13.3 Å². The third-order valence-corrected chi connectivity index (χ3v) is 4.55. The molecule has 0 saturated carbocycles. The number of benzene rings is 2. The van der Waals surface area contributed by atoms with Gasteiger partial charge in [0.1, 0.15) is 5.58 Å². The molecule has 0 saturated heterocycles. The predicted octanol–water partition coefficient (Wildman–Crippen LogP) is 3.27. The molecule has 0 atom stereocenters. The zero-order chi connectivity index (χ0) is 20.8. The molecule has 1 aromatic heterocycles. The number of ether oxygens (including phenoxy) is 3. The van der Waals surface area contributed by atoms with Crippen molar-refractivity contribution in [2.24, 2.45) is 0 Å². The monoisotopic (exact) mass is 397 g/mol. The molecule has 0 fully saturated rings. The Morgan fingerprint density at radius 2 is 1.79 bits per heavy atom. The second-order valence-corrected chi connectivity index (χ2v) is 6.42. The van der Waals surface area contributed by atoms with Crippen LogP contribution in [0.2, 0.25) is 0 Å². The number of rotatable bonds is 8. The lowest BCUT2D eigenvalue weighted by Crippen LogP contribution is -2.30. The molecule has 0 aliphatic carbocycles. The SMILES string of the molecule is COc1ccc(CCNC(=O)COC(=O)c2oc3ccccc3c2C)cc1OC. The molecule has 7 heteroatoms. The van der Waals surface area contributed by atoms with Gasteiger partial charge in [-0.1, -0.05) is 24.3 Å². The van der Waals surface area contributed by atoms with Crippen LogP contribution in [0.1, 0.15) is 21.7 Å². The first-order valence-corrected chi connectivity index (χ1v) is 9.16. The largest absolute Gasteiger partial charge is 0.493 e. The summed E-state index contributed by atoms with van der Waals surface area (Å²) in [4.78, 5) is 24.2. The van der Waals surface area contributed by atoms with Crippen molar-refractivity contribution >= 4 is 22.8 Å². The maximum Gasteiger partial charge on any atom is 0.375 e. The molecule has 3 rings (SSSR count). The molecule has 29 heavy (non-hydrogen) atoms. The number of amides is 1. The Balaban J connectivity index is 1.48. The summed E-state index contributed by atoms with van der Waals surface area (Å²) in [6.07, 6.45) is 0.600. The van der Waals surface area contributed by atoms with Crippen molar-refractivity contribution < 1.29 is 28.2 Å². The fourth-order valence-corrected chi connectivity index (χ4v) is 3.00. The summed E-state index contributed by atoms with van der Waals surface area (Å²) >= 11 is 0. The average molecular weight is 397 g/mol. The zero-order valence-electron chi connectivity index (χ0n) is 16.6. The van der Waals surface area contributed by atoms with E-state index in [2.05, 4.69) is 5.32 Å². The molecule has 1 amide bonds. The van der Waals surface area contributed by atoms with Crippen LogP contribution in [0.5, 0.6) is 11.5 Å². The molecule has 0 spiro atoms. The topological polar surface area (TPSA) is 87.0 Å². The smallest absolute Gasteiger partial charge is 0.375 e. The van der Waals surface area contributed by atoms with Gasteiger partial charge in [0.2, 0.25) is 5.76 Å². The fourth-order valence-electron chi connectivity index (χ4n) is 3.00. The van der Waals surface area contributed by atoms with Crippen molar-refractivity contribution in [1.29, 1.82) is 0 Å². The Kier molecular flexibility index (Phi) is 6.39. The average Bonchev–Trinajstić information content (AvgIpc) is 3.08. The second-order valence-electron chi connectivity index (χ2n) is 6.42. The van der Waals surface area contributed by atoms with Gasteiger partial charge in [0.25, 0.3) is 5.91 Å². The molecule has 0 aliphatic heterocycles. The maximum absolute atomic E-state index is 12.2. The van der Waals surface area contributed by atoms with Gasteiger partial charge < -0.3 is 23.9 Å². The number of hydrogen-bond donors (Lipinski definition) is 1. The van der Waals surface area contributed by atoms with Crippen LogP contribution in [0.15, 0.2) is 46.9 Å². The number of esters is 1. The van der Waals surface area contributed by atoms with Gasteiger partial charge in [0, 0.05) is 17.5 Å². The second kappa shape index (κ2) is 9.14. The van der Waals surface area contributed by atoms with Crippen LogP contribution in [0.4, 0.5) is 0 Å². The molecule has 0 radical (unpaired) electrons. The number of hydrogen-bond acceptors (Lipinski definition) is 6. The normalized spacial score (nSPS) is 10.6. The van der Waals surface area contributed by atoms with E-state index in [1.165, 1.54) is 0 Å². The first kappa shape index (κ1) is 20.3. The summed E-state index contributed by atoms with van der Waals surface area (Å²) < 4.78 is 21.1. The van der Waals surface area contributed by atoms with Gasteiger partial charge in [-0.15, -0.1) is 0 Å². The van der Waals surface area contributed by atoms with E-state index in [0.717, 1.165) is 10.9 Å². The molecule has 1 heterocycles. The van der Waals surface area contributed by atoms with E-state index in [1.807, 2.05) is 36.4 Å². The lowest BCUT2D eigenvalue weighted by molar-refractivity contribution is -0.124. The number of nitrogens with one attached hydrogen (secondary N) is 1. The maximum atomic E-state index is 12.2. The van der Waals surface area contributed by atoms with Gasteiger partial charge in [-0.25, -0.2) is 4.79 Å². The highest BCUT2D eigenvalue weighted by Crippen LogP contribution is 2.27. The van der Waals surface area contributed by atoms with E-state index in [0.29, 0.717) is 35.6 Å². The van der Waals surface area contributed by atoms with Crippen LogP contribution in [-0.2, 0) is 16.0 Å². The summed E-state index contributed by atoms with van der Waals surface area (Å²) in [5.74, 6) is 0.352. The first-order valence-electron chi connectivity index (χ1n) is 9.16. The minimum Gasteiger partial charge on any atom is -0.493 e. The number of carbonyl (C=O) groups excluding carboxylic acids is 2. The van der Waals surface area contributed by atoms with Crippen molar-refractivity contribution in [2.75, 3.05) is 27.4 Å². The van der Waals surface area contributed by atoms with E-state index in [-0.39, 0.29) is 18.3 Å². The summed E-state index contributed by atoms with van der Waals surface area (Å²) in [6, 6.07) is 12.9. The van der Waals surface area contributed by atoms with Crippen molar-refractivity contribution in [3.8, 4) is 11.5 Å². The zero-order valence-corrected chi connectivity index (χ0v) is 16.6. The van der Waals surface area contributed by atoms with E-state index in [9.17, 15) is 9.59 Å². The van der Waals surface area contributed by atoms with E-state index in [4.69, 9.17) is 18.6 Å². The minimum atomic E-state index is -0.659. The quantitative estimate of drug-likeness (QED) is 0.587. The molecule has 152 valence electrons. The Morgan fingerprint density at radius 1 is 1.03 bits per heavy atom.